The molecule has 0 spiro atoms. The highest BCUT2D eigenvalue weighted by atomic mass is 16.6. The smallest absolute Gasteiger partial charge is 0.270 e. The maximum atomic E-state index is 12.2. The number of benzene rings is 1. The van der Waals surface area contributed by atoms with E-state index in [1.54, 1.807) is 6.07 Å². The fraction of sp³-hybridized carbons (Fsp3) is 0.500. The third-order valence-electron chi connectivity index (χ3n) is 3.50. The second kappa shape index (κ2) is 7.03. The number of amides is 1. The van der Waals surface area contributed by atoms with E-state index in [2.05, 4.69) is 10.2 Å². The molecule has 1 heterocycles. The van der Waals surface area contributed by atoms with Gasteiger partial charge in [-0.15, -0.1) is 0 Å². The first-order valence-corrected chi connectivity index (χ1v) is 7.06. The molecule has 0 bridgehead atoms. The lowest BCUT2D eigenvalue weighted by Gasteiger charge is -2.20. The lowest BCUT2D eigenvalue weighted by atomic mass is 10.1. The number of rotatable bonds is 6. The Morgan fingerprint density at radius 1 is 1.38 bits per heavy atom. The number of anilines is 1. The van der Waals surface area contributed by atoms with E-state index in [4.69, 9.17) is 5.11 Å². The second-order valence-corrected chi connectivity index (χ2v) is 4.99. The molecule has 0 aromatic heterocycles. The molecule has 7 heteroatoms. The second-order valence-electron chi connectivity index (χ2n) is 4.99. The number of nitro groups is 1. The van der Waals surface area contributed by atoms with E-state index in [1.807, 2.05) is 0 Å². The largest absolute Gasteiger partial charge is 0.396 e. The van der Waals surface area contributed by atoms with Crippen molar-refractivity contribution < 1.29 is 14.8 Å². The van der Waals surface area contributed by atoms with Crippen molar-refractivity contribution in [3.8, 4) is 0 Å². The SMILES string of the molecule is O=C(NCCCO)c1cc([N+](=O)[O-])ccc1N1CCCC1. The van der Waals surface area contributed by atoms with Crippen molar-refractivity contribution in [1.29, 1.82) is 0 Å². The summed E-state index contributed by atoms with van der Waals surface area (Å²) in [6, 6.07) is 4.39. The van der Waals surface area contributed by atoms with Crippen LogP contribution in [0.1, 0.15) is 29.6 Å². The van der Waals surface area contributed by atoms with E-state index >= 15 is 0 Å². The summed E-state index contributed by atoms with van der Waals surface area (Å²) < 4.78 is 0. The number of carbonyl (C=O) groups is 1. The number of aliphatic hydroxyl groups excluding tert-OH is 1. The molecular weight excluding hydrogens is 274 g/mol. The molecule has 0 atom stereocenters. The van der Waals surface area contributed by atoms with Crippen molar-refractivity contribution >= 4 is 17.3 Å². The molecule has 1 aromatic rings. The molecule has 0 radical (unpaired) electrons. The van der Waals surface area contributed by atoms with Crippen LogP contribution in [0.4, 0.5) is 11.4 Å². The van der Waals surface area contributed by atoms with E-state index in [-0.39, 0.29) is 18.2 Å². The van der Waals surface area contributed by atoms with Crippen molar-refractivity contribution in [3.05, 3.63) is 33.9 Å². The van der Waals surface area contributed by atoms with E-state index in [1.165, 1.54) is 12.1 Å². The zero-order chi connectivity index (χ0) is 15.2. The Kier molecular flexibility index (Phi) is 5.10. The fourth-order valence-electron chi connectivity index (χ4n) is 2.43. The highest BCUT2D eigenvalue weighted by Crippen LogP contribution is 2.28. The van der Waals surface area contributed by atoms with Crippen molar-refractivity contribution in [2.24, 2.45) is 0 Å². The van der Waals surface area contributed by atoms with E-state index in [0.29, 0.717) is 18.5 Å². The van der Waals surface area contributed by atoms with Crippen LogP contribution in [0.2, 0.25) is 0 Å². The Morgan fingerprint density at radius 3 is 2.71 bits per heavy atom. The van der Waals surface area contributed by atoms with Gasteiger partial charge >= 0.3 is 0 Å². The van der Waals surface area contributed by atoms with Gasteiger partial charge in [0.25, 0.3) is 11.6 Å². The first kappa shape index (κ1) is 15.2. The Labute approximate surface area is 122 Å². The molecule has 21 heavy (non-hydrogen) atoms. The van der Waals surface area contributed by atoms with Gasteiger partial charge < -0.3 is 15.3 Å². The normalized spacial score (nSPS) is 14.2. The Morgan fingerprint density at radius 2 is 2.10 bits per heavy atom. The number of nitrogens with zero attached hydrogens (tertiary/aromatic N) is 2. The molecule has 0 unspecified atom stereocenters. The van der Waals surface area contributed by atoms with Crippen molar-refractivity contribution in [1.82, 2.24) is 5.32 Å². The molecule has 2 rings (SSSR count). The van der Waals surface area contributed by atoms with Gasteiger partial charge in [0.1, 0.15) is 0 Å². The minimum atomic E-state index is -0.502. The highest BCUT2D eigenvalue weighted by Gasteiger charge is 2.22. The average Bonchev–Trinajstić information content (AvgIpc) is 3.00. The Balaban J connectivity index is 2.26. The van der Waals surface area contributed by atoms with Gasteiger partial charge in [-0.2, -0.15) is 0 Å². The van der Waals surface area contributed by atoms with E-state index in [0.717, 1.165) is 31.6 Å². The van der Waals surface area contributed by atoms with Crippen LogP contribution >= 0.6 is 0 Å². The Hall–Kier alpha value is -2.15. The molecule has 1 amide bonds. The van der Waals surface area contributed by atoms with Crippen LogP contribution in [0.25, 0.3) is 0 Å². The summed E-state index contributed by atoms with van der Waals surface area (Å²) in [4.78, 5) is 24.7. The molecule has 1 fully saturated rings. The molecule has 1 aliphatic rings. The zero-order valence-electron chi connectivity index (χ0n) is 11.7. The standard InChI is InChI=1S/C14H19N3O4/c18-9-3-6-15-14(19)12-10-11(17(20)21)4-5-13(12)16-7-1-2-8-16/h4-5,10,18H,1-3,6-9H2,(H,15,19). The van der Waals surface area contributed by atoms with Crippen molar-refractivity contribution in [3.63, 3.8) is 0 Å². The van der Waals surface area contributed by atoms with Crippen LogP contribution in [0.3, 0.4) is 0 Å². The van der Waals surface area contributed by atoms with Gasteiger partial charge in [0, 0.05) is 38.4 Å². The predicted molar refractivity (Wildman–Crippen MR) is 78.6 cm³/mol. The molecular formula is C14H19N3O4. The molecule has 1 aromatic carbocycles. The zero-order valence-corrected chi connectivity index (χ0v) is 11.7. The molecule has 1 saturated heterocycles. The van der Waals surface area contributed by atoms with Crippen LogP contribution in [0.15, 0.2) is 18.2 Å². The summed E-state index contributed by atoms with van der Waals surface area (Å²) in [7, 11) is 0. The van der Waals surface area contributed by atoms with Crippen LogP contribution in [0, 0.1) is 10.1 Å². The summed E-state index contributed by atoms with van der Waals surface area (Å²) >= 11 is 0. The van der Waals surface area contributed by atoms with E-state index in [9.17, 15) is 14.9 Å². The van der Waals surface area contributed by atoms with Gasteiger partial charge in [-0.3, -0.25) is 14.9 Å². The lowest BCUT2D eigenvalue weighted by molar-refractivity contribution is -0.384. The van der Waals surface area contributed by atoms with Crippen LogP contribution in [-0.4, -0.2) is 42.2 Å². The summed E-state index contributed by atoms with van der Waals surface area (Å²) in [5.41, 5.74) is 0.967. The quantitative estimate of drug-likeness (QED) is 0.468. The van der Waals surface area contributed by atoms with Gasteiger partial charge in [-0.1, -0.05) is 0 Å². The predicted octanol–water partition coefficient (Wildman–Crippen LogP) is 1.31. The maximum Gasteiger partial charge on any atom is 0.270 e. The molecule has 2 N–H and O–H groups in total. The molecule has 114 valence electrons. The van der Waals surface area contributed by atoms with Gasteiger partial charge in [0.15, 0.2) is 0 Å². The summed E-state index contributed by atoms with van der Waals surface area (Å²) in [5.74, 6) is -0.339. The molecule has 0 aliphatic carbocycles. The first-order valence-electron chi connectivity index (χ1n) is 7.06. The van der Waals surface area contributed by atoms with Gasteiger partial charge in [-0.25, -0.2) is 0 Å². The number of nitro benzene ring substituents is 1. The van der Waals surface area contributed by atoms with Gasteiger partial charge in [0.05, 0.1) is 16.2 Å². The number of aliphatic hydroxyl groups is 1. The number of carbonyl (C=O) groups excluding carboxylic acids is 1. The van der Waals surface area contributed by atoms with Gasteiger partial charge in [-0.05, 0) is 25.3 Å². The number of non-ortho nitro benzene ring substituents is 1. The molecule has 7 nitrogen and oxygen atoms in total. The number of nitrogens with one attached hydrogen (secondary N) is 1. The first-order chi connectivity index (χ1) is 10.1. The third-order valence-corrected chi connectivity index (χ3v) is 3.50. The van der Waals surface area contributed by atoms with Crippen LogP contribution in [-0.2, 0) is 0 Å². The van der Waals surface area contributed by atoms with Crippen LogP contribution in [0.5, 0.6) is 0 Å². The maximum absolute atomic E-state index is 12.2. The van der Waals surface area contributed by atoms with Gasteiger partial charge in [0.2, 0.25) is 0 Å². The minimum absolute atomic E-state index is 0.00575. The topological polar surface area (TPSA) is 95.7 Å². The highest BCUT2D eigenvalue weighted by molar-refractivity contribution is 6.00. The number of hydrogen-bond acceptors (Lipinski definition) is 5. The van der Waals surface area contributed by atoms with Crippen molar-refractivity contribution in [2.45, 2.75) is 19.3 Å². The number of hydrogen-bond donors (Lipinski definition) is 2. The molecule has 0 saturated carbocycles. The lowest BCUT2D eigenvalue weighted by Crippen LogP contribution is -2.28. The Bertz CT molecular complexity index is 527. The monoisotopic (exact) mass is 293 g/mol. The average molecular weight is 293 g/mol. The minimum Gasteiger partial charge on any atom is -0.396 e. The summed E-state index contributed by atoms with van der Waals surface area (Å²) in [6.07, 6.45) is 2.57. The van der Waals surface area contributed by atoms with Crippen molar-refractivity contribution in [2.75, 3.05) is 31.1 Å². The summed E-state index contributed by atoms with van der Waals surface area (Å²) in [6.45, 7) is 2.05. The molecule has 1 aliphatic heterocycles. The van der Waals surface area contributed by atoms with Crippen LogP contribution < -0.4 is 10.2 Å². The van der Waals surface area contributed by atoms with E-state index < -0.39 is 4.92 Å². The third kappa shape index (κ3) is 3.69. The summed E-state index contributed by atoms with van der Waals surface area (Å²) in [5, 5.41) is 22.3. The fourth-order valence-corrected chi connectivity index (χ4v) is 2.43.